The summed E-state index contributed by atoms with van der Waals surface area (Å²) in [6.07, 6.45) is 1.84. The zero-order valence-corrected chi connectivity index (χ0v) is 6.65. The van der Waals surface area contributed by atoms with Crippen LogP contribution in [0.5, 0.6) is 0 Å². The van der Waals surface area contributed by atoms with Crippen molar-refractivity contribution in [3.8, 4) is 0 Å². The summed E-state index contributed by atoms with van der Waals surface area (Å²) in [6.45, 7) is 2.09. The van der Waals surface area contributed by atoms with E-state index in [4.69, 9.17) is 5.73 Å². The summed E-state index contributed by atoms with van der Waals surface area (Å²) in [7, 11) is 0. The number of piperidine rings is 1. The molecule has 3 unspecified atom stereocenters. The molecule has 0 aromatic carbocycles. The Morgan fingerprint density at radius 1 is 1.64 bits per heavy atom. The smallest absolute Gasteiger partial charge is 0.127 e. The Bertz CT molecular complexity index is 162. The van der Waals surface area contributed by atoms with Gasteiger partial charge in [-0.15, -0.1) is 0 Å². The minimum absolute atomic E-state index is 0.204. The predicted molar refractivity (Wildman–Crippen MR) is 42.0 cm³/mol. The number of hydrogen-bond acceptors (Lipinski definition) is 2. The topological polar surface area (TPSA) is 38.0 Å². The van der Waals surface area contributed by atoms with Gasteiger partial charge in [0.15, 0.2) is 0 Å². The molecule has 2 aliphatic rings. The lowest BCUT2D eigenvalue weighted by molar-refractivity contribution is -0.0793. The largest absolute Gasteiger partial charge is 0.328 e. The van der Waals surface area contributed by atoms with Gasteiger partial charge in [0.05, 0.1) is 0 Å². The molecular formula is C8H15FN2. The summed E-state index contributed by atoms with van der Waals surface area (Å²) in [6, 6.07) is 0. The summed E-state index contributed by atoms with van der Waals surface area (Å²) >= 11 is 0. The molecular weight excluding hydrogens is 143 g/mol. The number of fused-ring (bicyclic) bond motifs is 1. The van der Waals surface area contributed by atoms with Crippen LogP contribution in [0.3, 0.4) is 0 Å². The maximum absolute atomic E-state index is 13.6. The molecule has 0 radical (unpaired) electrons. The van der Waals surface area contributed by atoms with E-state index in [1.165, 1.54) is 0 Å². The number of halogens is 1. The predicted octanol–water partition coefficient (Wildman–Crippen LogP) is 0.283. The number of nitrogens with two attached hydrogens (primary N) is 1. The normalized spacial score (nSPS) is 49.6. The molecule has 3 N–H and O–H groups in total. The van der Waals surface area contributed by atoms with Crippen LogP contribution in [0.25, 0.3) is 0 Å². The van der Waals surface area contributed by atoms with Crippen LogP contribution < -0.4 is 11.1 Å². The van der Waals surface area contributed by atoms with Crippen LogP contribution in [0.4, 0.5) is 4.39 Å². The van der Waals surface area contributed by atoms with Gasteiger partial charge in [0.25, 0.3) is 0 Å². The van der Waals surface area contributed by atoms with Crippen molar-refractivity contribution in [1.82, 2.24) is 5.32 Å². The first-order valence-corrected chi connectivity index (χ1v) is 4.36. The average Bonchev–Trinajstić information content (AvgIpc) is 2.02. The van der Waals surface area contributed by atoms with Gasteiger partial charge in [0.2, 0.25) is 0 Å². The van der Waals surface area contributed by atoms with E-state index in [2.05, 4.69) is 5.32 Å². The van der Waals surface area contributed by atoms with Crippen molar-refractivity contribution < 1.29 is 4.39 Å². The summed E-state index contributed by atoms with van der Waals surface area (Å²) < 4.78 is 13.6. The molecule has 2 fully saturated rings. The van der Waals surface area contributed by atoms with Crippen LogP contribution >= 0.6 is 0 Å². The monoisotopic (exact) mass is 158 g/mol. The highest BCUT2D eigenvalue weighted by atomic mass is 19.1. The van der Waals surface area contributed by atoms with Gasteiger partial charge in [-0.25, -0.2) is 4.39 Å². The first kappa shape index (κ1) is 7.50. The fourth-order valence-electron chi connectivity index (χ4n) is 2.42. The summed E-state index contributed by atoms with van der Waals surface area (Å²) in [5, 5.41) is 3.21. The second-order valence-electron chi connectivity index (χ2n) is 3.80. The SMILES string of the molecule is NCC1(F)CC2CCNCC21. The molecule has 0 aromatic heterocycles. The molecule has 0 spiro atoms. The van der Waals surface area contributed by atoms with Crippen molar-refractivity contribution in [2.24, 2.45) is 17.6 Å². The zero-order valence-electron chi connectivity index (χ0n) is 6.65. The Hall–Kier alpha value is -0.150. The maximum Gasteiger partial charge on any atom is 0.127 e. The minimum atomic E-state index is -1.03. The van der Waals surface area contributed by atoms with Gasteiger partial charge < -0.3 is 11.1 Å². The van der Waals surface area contributed by atoms with Crippen LogP contribution in [0.2, 0.25) is 0 Å². The lowest BCUT2D eigenvalue weighted by Crippen LogP contribution is -2.61. The van der Waals surface area contributed by atoms with Crippen LogP contribution in [-0.4, -0.2) is 25.3 Å². The molecule has 1 aliphatic heterocycles. The van der Waals surface area contributed by atoms with E-state index in [0.717, 1.165) is 19.5 Å². The van der Waals surface area contributed by atoms with Crippen LogP contribution in [0.1, 0.15) is 12.8 Å². The van der Waals surface area contributed by atoms with Gasteiger partial charge in [-0.05, 0) is 25.3 Å². The lowest BCUT2D eigenvalue weighted by Gasteiger charge is -2.52. The molecule has 3 atom stereocenters. The summed E-state index contributed by atoms with van der Waals surface area (Å²) in [5.74, 6) is 0.825. The maximum atomic E-state index is 13.6. The first-order valence-electron chi connectivity index (χ1n) is 4.36. The quantitative estimate of drug-likeness (QED) is 0.575. The second-order valence-corrected chi connectivity index (χ2v) is 3.80. The molecule has 0 aromatic rings. The Labute approximate surface area is 66.3 Å². The van der Waals surface area contributed by atoms with E-state index in [0.29, 0.717) is 12.3 Å². The Kier molecular flexibility index (Phi) is 1.65. The van der Waals surface area contributed by atoms with Gasteiger partial charge in [-0.2, -0.15) is 0 Å². The van der Waals surface area contributed by atoms with Gasteiger partial charge in [0.1, 0.15) is 5.67 Å². The van der Waals surface area contributed by atoms with Crippen LogP contribution in [0.15, 0.2) is 0 Å². The van der Waals surface area contributed by atoms with Gasteiger partial charge in [0, 0.05) is 19.0 Å². The van der Waals surface area contributed by atoms with Crippen molar-refractivity contribution in [2.75, 3.05) is 19.6 Å². The van der Waals surface area contributed by atoms with Gasteiger partial charge >= 0.3 is 0 Å². The molecule has 3 heteroatoms. The summed E-state index contributed by atoms with van der Waals surface area (Å²) in [4.78, 5) is 0. The first-order chi connectivity index (χ1) is 5.26. The van der Waals surface area contributed by atoms with E-state index < -0.39 is 5.67 Å². The third-order valence-electron chi connectivity index (χ3n) is 3.23. The molecule has 1 heterocycles. The van der Waals surface area contributed by atoms with Crippen molar-refractivity contribution in [3.05, 3.63) is 0 Å². The van der Waals surface area contributed by atoms with Crippen LogP contribution in [0, 0.1) is 11.8 Å². The van der Waals surface area contributed by atoms with Gasteiger partial charge in [-0.1, -0.05) is 0 Å². The lowest BCUT2D eigenvalue weighted by atomic mass is 9.60. The van der Waals surface area contributed by atoms with E-state index in [-0.39, 0.29) is 12.5 Å². The fraction of sp³-hybridized carbons (Fsp3) is 1.00. The van der Waals surface area contributed by atoms with Crippen molar-refractivity contribution in [3.63, 3.8) is 0 Å². The van der Waals surface area contributed by atoms with E-state index in [1.807, 2.05) is 0 Å². The van der Waals surface area contributed by atoms with E-state index in [9.17, 15) is 4.39 Å². The zero-order chi connectivity index (χ0) is 7.90. The Balaban J connectivity index is 2.00. The highest BCUT2D eigenvalue weighted by Crippen LogP contribution is 2.48. The fourth-order valence-corrected chi connectivity index (χ4v) is 2.42. The molecule has 1 aliphatic carbocycles. The molecule has 11 heavy (non-hydrogen) atoms. The van der Waals surface area contributed by atoms with E-state index in [1.54, 1.807) is 0 Å². The molecule has 64 valence electrons. The minimum Gasteiger partial charge on any atom is -0.328 e. The Morgan fingerprint density at radius 2 is 2.45 bits per heavy atom. The highest BCUT2D eigenvalue weighted by Gasteiger charge is 2.53. The second kappa shape index (κ2) is 2.42. The summed E-state index contributed by atoms with van der Waals surface area (Å²) in [5.41, 5.74) is 4.34. The number of nitrogens with one attached hydrogen (secondary N) is 1. The molecule has 1 saturated carbocycles. The van der Waals surface area contributed by atoms with Gasteiger partial charge in [-0.3, -0.25) is 0 Å². The molecule has 0 amide bonds. The standard InChI is InChI=1S/C8H15FN2/c9-8(5-10)3-6-1-2-11-4-7(6)8/h6-7,11H,1-5,10H2. The Morgan fingerprint density at radius 3 is 3.09 bits per heavy atom. The number of alkyl halides is 1. The number of rotatable bonds is 1. The average molecular weight is 158 g/mol. The molecule has 2 nitrogen and oxygen atoms in total. The molecule has 0 bridgehead atoms. The third kappa shape index (κ3) is 0.983. The highest BCUT2D eigenvalue weighted by molar-refractivity contribution is 5.05. The van der Waals surface area contributed by atoms with Crippen LogP contribution in [-0.2, 0) is 0 Å². The molecule has 2 rings (SSSR count). The number of hydrogen-bond donors (Lipinski definition) is 2. The van der Waals surface area contributed by atoms with E-state index >= 15 is 0 Å². The van der Waals surface area contributed by atoms with Crippen molar-refractivity contribution in [1.29, 1.82) is 0 Å². The van der Waals surface area contributed by atoms with Crippen molar-refractivity contribution in [2.45, 2.75) is 18.5 Å². The van der Waals surface area contributed by atoms with Crippen molar-refractivity contribution >= 4 is 0 Å². The third-order valence-corrected chi connectivity index (χ3v) is 3.23. The molecule has 1 saturated heterocycles.